The maximum absolute atomic E-state index is 13.0. The lowest BCUT2D eigenvalue weighted by Crippen LogP contribution is -2.42. The summed E-state index contributed by atoms with van der Waals surface area (Å²) >= 11 is 1.06. The number of halogens is 1. The minimum absolute atomic E-state index is 0.0377. The predicted octanol–water partition coefficient (Wildman–Crippen LogP) is 1.35. The van der Waals surface area contributed by atoms with Gasteiger partial charge in [-0.15, -0.1) is 11.3 Å². The number of rotatable bonds is 6. The zero-order valence-corrected chi connectivity index (χ0v) is 16.4. The summed E-state index contributed by atoms with van der Waals surface area (Å²) in [6.07, 6.45) is 1.12. The molecule has 1 aliphatic heterocycles. The van der Waals surface area contributed by atoms with Crippen molar-refractivity contribution in [2.45, 2.75) is 24.2 Å². The molecule has 28 heavy (non-hydrogen) atoms. The first-order chi connectivity index (χ1) is 13.2. The summed E-state index contributed by atoms with van der Waals surface area (Å²) in [5, 5.41) is 1.73. The van der Waals surface area contributed by atoms with Crippen LogP contribution in [0.5, 0.6) is 0 Å². The van der Waals surface area contributed by atoms with Crippen molar-refractivity contribution in [3.8, 4) is 0 Å². The fourth-order valence-electron chi connectivity index (χ4n) is 2.90. The van der Waals surface area contributed by atoms with Gasteiger partial charge in [-0.1, -0.05) is 0 Å². The number of likely N-dealkylation sites (tertiary alicyclic amines) is 1. The number of carbonyl (C=O) groups is 2. The number of anilines is 1. The lowest BCUT2D eigenvalue weighted by atomic mass is 9.96. The number of carbonyl (C=O) groups excluding carboxylic acids is 2. The van der Waals surface area contributed by atoms with E-state index in [1.54, 1.807) is 10.3 Å². The van der Waals surface area contributed by atoms with E-state index in [4.69, 9.17) is 5.73 Å². The second-order valence-electron chi connectivity index (χ2n) is 6.44. The molecule has 8 nitrogen and oxygen atoms in total. The molecule has 0 saturated carbocycles. The average Bonchev–Trinajstić information content (AvgIpc) is 3.08. The number of primary amides is 1. The molecular weight excluding hydrogens is 407 g/mol. The Morgan fingerprint density at radius 2 is 1.89 bits per heavy atom. The Hall–Kier alpha value is -2.53. The molecule has 150 valence electrons. The summed E-state index contributed by atoms with van der Waals surface area (Å²) in [7, 11) is -3.89. The molecule has 0 aliphatic carbocycles. The predicted molar refractivity (Wildman–Crippen MR) is 102 cm³/mol. The number of benzene rings is 1. The summed E-state index contributed by atoms with van der Waals surface area (Å²) in [5.41, 5.74) is 5.74. The van der Waals surface area contributed by atoms with Crippen LogP contribution < -0.4 is 10.5 Å². The summed E-state index contributed by atoms with van der Waals surface area (Å²) in [4.78, 5) is 29.3. The van der Waals surface area contributed by atoms with E-state index in [0.717, 1.165) is 35.6 Å². The molecular formula is C17H19FN4O4S2. The Labute approximate surface area is 165 Å². The van der Waals surface area contributed by atoms with Gasteiger partial charge in [-0.2, -0.15) is 0 Å². The van der Waals surface area contributed by atoms with Crippen LogP contribution in [-0.2, 0) is 26.0 Å². The second-order valence-corrected chi connectivity index (χ2v) is 8.98. The lowest BCUT2D eigenvalue weighted by molar-refractivity contribution is -0.134. The Balaban J connectivity index is 1.59. The van der Waals surface area contributed by atoms with E-state index in [2.05, 4.69) is 9.71 Å². The molecule has 1 saturated heterocycles. The SMILES string of the molecule is NC(=O)C1CCN(C(=O)Cc2csc(NS(=O)(=O)c3ccc(F)cc3)n2)CC1. The van der Waals surface area contributed by atoms with E-state index in [0.29, 0.717) is 31.6 Å². The highest BCUT2D eigenvalue weighted by Crippen LogP contribution is 2.22. The number of hydrogen-bond donors (Lipinski definition) is 2. The summed E-state index contributed by atoms with van der Waals surface area (Å²) < 4.78 is 39.9. The minimum atomic E-state index is -3.89. The number of nitrogens with zero attached hydrogens (tertiary/aromatic N) is 2. The fourth-order valence-corrected chi connectivity index (χ4v) is 4.87. The molecule has 2 heterocycles. The van der Waals surface area contributed by atoms with Gasteiger partial charge in [-0.3, -0.25) is 14.3 Å². The molecule has 2 amide bonds. The highest BCUT2D eigenvalue weighted by molar-refractivity contribution is 7.93. The highest BCUT2D eigenvalue weighted by Gasteiger charge is 2.26. The first-order valence-corrected chi connectivity index (χ1v) is 10.9. The number of thiazole rings is 1. The first-order valence-electron chi connectivity index (χ1n) is 8.54. The third kappa shape index (κ3) is 4.84. The van der Waals surface area contributed by atoms with Gasteiger partial charge in [0.2, 0.25) is 11.8 Å². The lowest BCUT2D eigenvalue weighted by Gasteiger charge is -2.30. The molecule has 2 aromatic rings. The van der Waals surface area contributed by atoms with Gasteiger partial charge in [-0.25, -0.2) is 17.8 Å². The van der Waals surface area contributed by atoms with Gasteiger partial charge in [0.05, 0.1) is 17.0 Å². The van der Waals surface area contributed by atoms with Crippen LogP contribution in [0.15, 0.2) is 34.5 Å². The molecule has 11 heteroatoms. The van der Waals surface area contributed by atoms with E-state index >= 15 is 0 Å². The first kappa shape index (κ1) is 20.2. The molecule has 1 aromatic heterocycles. The van der Waals surface area contributed by atoms with Crippen LogP contribution in [0.1, 0.15) is 18.5 Å². The number of piperidine rings is 1. The standard InChI is InChI=1S/C17H19FN4O4S2/c18-12-1-3-14(4-2-12)28(25,26)21-17-20-13(10-27-17)9-15(23)22-7-5-11(6-8-22)16(19)24/h1-4,10-11H,5-9H2,(H2,19,24)(H,20,21). The molecule has 0 bridgehead atoms. The number of amides is 2. The fraction of sp³-hybridized carbons (Fsp3) is 0.353. The second kappa shape index (κ2) is 8.23. The van der Waals surface area contributed by atoms with E-state index in [-0.39, 0.29) is 34.2 Å². The Bertz CT molecular complexity index is 967. The number of nitrogens with one attached hydrogen (secondary N) is 1. The summed E-state index contributed by atoms with van der Waals surface area (Å²) in [6.45, 7) is 0.918. The third-order valence-corrected chi connectivity index (χ3v) is 6.77. The smallest absolute Gasteiger partial charge is 0.263 e. The van der Waals surface area contributed by atoms with Gasteiger partial charge in [0.15, 0.2) is 5.13 Å². The molecule has 0 unspecified atom stereocenters. The average molecular weight is 426 g/mol. The molecule has 1 fully saturated rings. The quantitative estimate of drug-likeness (QED) is 0.722. The highest BCUT2D eigenvalue weighted by atomic mass is 32.2. The topological polar surface area (TPSA) is 122 Å². The van der Waals surface area contributed by atoms with Crippen LogP contribution in [0.25, 0.3) is 0 Å². The van der Waals surface area contributed by atoms with Crippen molar-refractivity contribution in [2.24, 2.45) is 11.7 Å². The zero-order valence-electron chi connectivity index (χ0n) is 14.8. The Kier molecular flexibility index (Phi) is 5.94. The largest absolute Gasteiger partial charge is 0.369 e. The number of sulfonamides is 1. The van der Waals surface area contributed by atoms with Crippen molar-refractivity contribution >= 4 is 38.3 Å². The van der Waals surface area contributed by atoms with Crippen LogP contribution in [0, 0.1) is 11.7 Å². The summed E-state index contributed by atoms with van der Waals surface area (Å²) in [5.74, 6) is -1.21. The normalized spacial score (nSPS) is 15.4. The van der Waals surface area contributed by atoms with Crippen LogP contribution in [-0.4, -0.2) is 43.2 Å². The van der Waals surface area contributed by atoms with Gasteiger partial charge < -0.3 is 10.6 Å². The molecule has 0 radical (unpaired) electrons. The summed E-state index contributed by atoms with van der Waals surface area (Å²) in [6, 6.07) is 4.43. The van der Waals surface area contributed by atoms with Gasteiger partial charge >= 0.3 is 0 Å². The molecule has 3 N–H and O–H groups in total. The number of aromatic nitrogens is 1. The molecule has 1 aliphatic rings. The Morgan fingerprint density at radius 3 is 2.50 bits per heavy atom. The molecule has 0 spiro atoms. The zero-order chi connectivity index (χ0) is 20.3. The van der Waals surface area contributed by atoms with Crippen molar-refractivity contribution in [2.75, 3.05) is 17.8 Å². The van der Waals surface area contributed by atoms with Crippen LogP contribution in [0.3, 0.4) is 0 Å². The van der Waals surface area contributed by atoms with Crippen LogP contribution in [0.2, 0.25) is 0 Å². The van der Waals surface area contributed by atoms with Crippen molar-refractivity contribution in [1.29, 1.82) is 0 Å². The van der Waals surface area contributed by atoms with Gasteiger partial charge in [0.25, 0.3) is 10.0 Å². The van der Waals surface area contributed by atoms with Crippen molar-refractivity contribution < 1.29 is 22.4 Å². The van der Waals surface area contributed by atoms with Crippen LogP contribution >= 0.6 is 11.3 Å². The van der Waals surface area contributed by atoms with Gasteiger partial charge in [-0.05, 0) is 37.1 Å². The number of nitrogens with two attached hydrogens (primary N) is 1. The van der Waals surface area contributed by atoms with E-state index in [1.807, 2.05) is 0 Å². The molecule has 3 rings (SSSR count). The maximum atomic E-state index is 13.0. The third-order valence-electron chi connectivity index (χ3n) is 4.48. The van der Waals surface area contributed by atoms with Crippen molar-refractivity contribution in [1.82, 2.24) is 9.88 Å². The Morgan fingerprint density at radius 1 is 1.25 bits per heavy atom. The molecule has 1 aromatic carbocycles. The molecule has 0 atom stereocenters. The van der Waals surface area contributed by atoms with Crippen LogP contribution in [0.4, 0.5) is 9.52 Å². The maximum Gasteiger partial charge on any atom is 0.263 e. The number of hydrogen-bond acceptors (Lipinski definition) is 6. The van der Waals surface area contributed by atoms with E-state index in [1.165, 1.54) is 0 Å². The minimum Gasteiger partial charge on any atom is -0.369 e. The van der Waals surface area contributed by atoms with E-state index in [9.17, 15) is 22.4 Å². The van der Waals surface area contributed by atoms with Crippen molar-refractivity contribution in [3.63, 3.8) is 0 Å². The van der Waals surface area contributed by atoms with Gasteiger partial charge in [0, 0.05) is 24.4 Å². The van der Waals surface area contributed by atoms with E-state index < -0.39 is 15.8 Å². The van der Waals surface area contributed by atoms with Crippen molar-refractivity contribution in [3.05, 3.63) is 41.2 Å². The van der Waals surface area contributed by atoms with Gasteiger partial charge in [0.1, 0.15) is 5.82 Å². The monoisotopic (exact) mass is 426 g/mol.